The zero-order valence-corrected chi connectivity index (χ0v) is 17.6. The highest BCUT2D eigenvalue weighted by atomic mass is 35.5. The topological polar surface area (TPSA) is 84.0 Å². The van der Waals surface area contributed by atoms with Gasteiger partial charge in [-0.2, -0.15) is 0 Å². The zero-order valence-electron chi connectivity index (χ0n) is 15.2. The van der Waals surface area contributed by atoms with Gasteiger partial charge in [0.05, 0.1) is 32.3 Å². The van der Waals surface area contributed by atoms with Crippen LogP contribution in [0.1, 0.15) is 0 Å². The minimum Gasteiger partial charge on any atom is -0.325 e. The van der Waals surface area contributed by atoms with Crippen LogP contribution >= 0.6 is 35.1 Å². The van der Waals surface area contributed by atoms with Crippen LogP contribution in [0.15, 0.2) is 77.0 Å². The third-order valence-electron chi connectivity index (χ3n) is 3.50. The predicted octanol–water partition coefficient (Wildman–Crippen LogP) is 4.59. The Balaban J connectivity index is 1.48. The van der Waals surface area contributed by atoms with E-state index in [-0.39, 0.29) is 23.3 Å². The summed E-state index contributed by atoms with van der Waals surface area (Å²) in [7, 11) is 0. The fourth-order valence-electron chi connectivity index (χ4n) is 2.22. The molecule has 0 saturated carbocycles. The molecular formula is C20H17ClN4O2S2. The number of aromatic nitrogens is 2. The van der Waals surface area contributed by atoms with Crippen LogP contribution in [0, 0.1) is 0 Å². The number of thioether (sulfide) groups is 2. The lowest BCUT2D eigenvalue weighted by molar-refractivity contribution is -0.114. The van der Waals surface area contributed by atoms with Crippen molar-refractivity contribution < 1.29 is 9.59 Å². The normalized spacial score (nSPS) is 10.4. The Hall–Kier alpha value is -2.55. The second kappa shape index (κ2) is 10.8. The number of halogens is 1. The average Bonchev–Trinajstić information content (AvgIpc) is 2.74. The molecule has 0 unspecified atom stereocenters. The van der Waals surface area contributed by atoms with Crippen LogP contribution < -0.4 is 10.6 Å². The zero-order chi connectivity index (χ0) is 20.5. The van der Waals surface area contributed by atoms with Crippen molar-refractivity contribution in [3.8, 4) is 0 Å². The SMILES string of the molecule is O=C(CSc1ccccn1)Nc1ccc(NC(=O)CSc2ccccn2)c(Cl)c1. The molecule has 0 saturated heterocycles. The van der Waals surface area contributed by atoms with Gasteiger partial charge in [-0.25, -0.2) is 9.97 Å². The Kier molecular flexibility index (Phi) is 7.92. The molecule has 148 valence electrons. The molecule has 0 radical (unpaired) electrons. The number of carbonyl (C=O) groups excluding carboxylic acids is 2. The summed E-state index contributed by atoms with van der Waals surface area (Å²) in [4.78, 5) is 32.5. The van der Waals surface area contributed by atoms with Gasteiger partial charge in [0.1, 0.15) is 0 Å². The molecule has 6 nitrogen and oxygen atoms in total. The summed E-state index contributed by atoms with van der Waals surface area (Å²) < 4.78 is 0. The third-order valence-corrected chi connectivity index (χ3v) is 5.71. The van der Waals surface area contributed by atoms with Crippen molar-refractivity contribution in [2.45, 2.75) is 10.1 Å². The minimum atomic E-state index is -0.189. The largest absolute Gasteiger partial charge is 0.325 e. The fourth-order valence-corrected chi connectivity index (χ4v) is 3.77. The second-order valence-electron chi connectivity index (χ2n) is 5.70. The summed E-state index contributed by atoms with van der Waals surface area (Å²) in [6, 6.07) is 16.0. The highest BCUT2D eigenvalue weighted by Gasteiger charge is 2.10. The predicted molar refractivity (Wildman–Crippen MR) is 119 cm³/mol. The van der Waals surface area contributed by atoms with Crippen molar-refractivity contribution in [1.82, 2.24) is 9.97 Å². The molecule has 3 rings (SSSR count). The Morgan fingerprint density at radius 3 is 1.93 bits per heavy atom. The summed E-state index contributed by atoms with van der Waals surface area (Å²) in [6.07, 6.45) is 3.36. The molecule has 29 heavy (non-hydrogen) atoms. The van der Waals surface area contributed by atoms with E-state index in [1.165, 1.54) is 23.5 Å². The van der Waals surface area contributed by atoms with Crippen molar-refractivity contribution >= 4 is 58.3 Å². The van der Waals surface area contributed by atoms with E-state index in [2.05, 4.69) is 20.6 Å². The molecule has 2 amide bonds. The molecule has 0 aliphatic rings. The number of hydrogen-bond donors (Lipinski definition) is 2. The Labute approximate surface area is 181 Å². The first-order valence-electron chi connectivity index (χ1n) is 8.57. The number of hydrogen-bond acceptors (Lipinski definition) is 6. The van der Waals surface area contributed by atoms with Crippen molar-refractivity contribution in [2.24, 2.45) is 0 Å². The monoisotopic (exact) mass is 444 g/mol. The summed E-state index contributed by atoms with van der Waals surface area (Å²) >= 11 is 8.93. The van der Waals surface area contributed by atoms with E-state index in [0.717, 1.165) is 10.1 Å². The summed E-state index contributed by atoms with van der Waals surface area (Å²) in [6.45, 7) is 0. The average molecular weight is 445 g/mol. The first-order chi connectivity index (χ1) is 14.1. The quantitative estimate of drug-likeness (QED) is 0.494. The van der Waals surface area contributed by atoms with Gasteiger partial charge in [-0.1, -0.05) is 47.3 Å². The van der Waals surface area contributed by atoms with E-state index < -0.39 is 0 Å². The van der Waals surface area contributed by atoms with Gasteiger partial charge in [-0.05, 0) is 42.5 Å². The molecule has 2 N–H and O–H groups in total. The number of nitrogens with one attached hydrogen (secondary N) is 2. The lowest BCUT2D eigenvalue weighted by Gasteiger charge is -2.10. The van der Waals surface area contributed by atoms with E-state index in [0.29, 0.717) is 16.4 Å². The molecule has 0 bridgehead atoms. The standard InChI is InChI=1S/C20H17ClN4O2S2/c21-15-11-14(24-17(26)12-28-19-5-1-3-9-22-19)7-8-16(15)25-18(27)13-29-20-6-2-4-10-23-20/h1-11H,12-13H2,(H,24,26)(H,25,27). The fraction of sp³-hybridized carbons (Fsp3) is 0.100. The van der Waals surface area contributed by atoms with Gasteiger partial charge in [-0.15, -0.1) is 0 Å². The lowest BCUT2D eigenvalue weighted by Crippen LogP contribution is -2.16. The minimum absolute atomic E-state index is 0.166. The van der Waals surface area contributed by atoms with Crippen LogP contribution in [0.4, 0.5) is 11.4 Å². The van der Waals surface area contributed by atoms with Crippen molar-refractivity contribution in [2.75, 3.05) is 22.1 Å². The van der Waals surface area contributed by atoms with Crippen LogP contribution in [0.2, 0.25) is 5.02 Å². The molecule has 2 aromatic heterocycles. The van der Waals surface area contributed by atoms with Crippen molar-refractivity contribution in [3.05, 3.63) is 72.0 Å². The van der Waals surface area contributed by atoms with Gasteiger partial charge in [-0.3, -0.25) is 9.59 Å². The molecule has 3 aromatic rings. The van der Waals surface area contributed by atoms with Gasteiger partial charge in [0.15, 0.2) is 0 Å². The van der Waals surface area contributed by atoms with E-state index in [1.807, 2.05) is 36.4 Å². The molecule has 0 fully saturated rings. The highest BCUT2D eigenvalue weighted by molar-refractivity contribution is 8.00. The maximum atomic E-state index is 12.1. The smallest absolute Gasteiger partial charge is 0.234 e. The molecule has 9 heteroatoms. The number of amides is 2. The van der Waals surface area contributed by atoms with E-state index in [9.17, 15) is 9.59 Å². The lowest BCUT2D eigenvalue weighted by atomic mass is 10.2. The van der Waals surface area contributed by atoms with Gasteiger partial charge in [0, 0.05) is 18.1 Å². The number of benzene rings is 1. The molecule has 1 aromatic carbocycles. The van der Waals surface area contributed by atoms with Crippen LogP contribution in [-0.2, 0) is 9.59 Å². The first kappa shape index (κ1) is 21.2. The summed E-state index contributed by atoms with van der Waals surface area (Å²) in [5, 5.41) is 7.44. The van der Waals surface area contributed by atoms with Crippen LogP contribution in [0.3, 0.4) is 0 Å². The van der Waals surface area contributed by atoms with Crippen LogP contribution in [0.5, 0.6) is 0 Å². The number of pyridine rings is 2. The molecular weight excluding hydrogens is 428 g/mol. The van der Waals surface area contributed by atoms with E-state index in [1.54, 1.807) is 30.6 Å². The molecule has 0 atom stereocenters. The van der Waals surface area contributed by atoms with Gasteiger partial charge >= 0.3 is 0 Å². The Bertz CT molecular complexity index is 975. The number of anilines is 2. The van der Waals surface area contributed by atoms with Gasteiger partial charge in [0.2, 0.25) is 11.8 Å². The van der Waals surface area contributed by atoms with Gasteiger partial charge < -0.3 is 10.6 Å². The van der Waals surface area contributed by atoms with Crippen molar-refractivity contribution in [1.29, 1.82) is 0 Å². The molecule has 0 aliphatic heterocycles. The Morgan fingerprint density at radius 2 is 1.41 bits per heavy atom. The maximum Gasteiger partial charge on any atom is 0.234 e. The van der Waals surface area contributed by atoms with E-state index in [4.69, 9.17) is 11.6 Å². The van der Waals surface area contributed by atoms with Crippen molar-refractivity contribution in [3.63, 3.8) is 0 Å². The maximum absolute atomic E-state index is 12.1. The number of nitrogens with zero attached hydrogens (tertiary/aromatic N) is 2. The van der Waals surface area contributed by atoms with E-state index >= 15 is 0 Å². The molecule has 0 aliphatic carbocycles. The van der Waals surface area contributed by atoms with Crippen LogP contribution in [0.25, 0.3) is 0 Å². The van der Waals surface area contributed by atoms with Gasteiger partial charge in [0.25, 0.3) is 0 Å². The molecule has 2 heterocycles. The Morgan fingerprint density at radius 1 is 0.828 bits per heavy atom. The molecule has 0 spiro atoms. The highest BCUT2D eigenvalue weighted by Crippen LogP contribution is 2.26. The second-order valence-corrected chi connectivity index (χ2v) is 8.10. The van der Waals surface area contributed by atoms with Crippen LogP contribution in [-0.4, -0.2) is 33.3 Å². The summed E-state index contributed by atoms with van der Waals surface area (Å²) in [5.74, 6) is 0.0976. The third kappa shape index (κ3) is 7.08. The number of carbonyl (C=O) groups is 2. The summed E-state index contributed by atoms with van der Waals surface area (Å²) in [5.41, 5.74) is 1.04. The number of rotatable bonds is 8. The first-order valence-corrected chi connectivity index (χ1v) is 10.9.